The molecule has 0 bridgehead atoms. The van der Waals surface area contributed by atoms with Crippen LogP contribution in [0.4, 0.5) is 10.1 Å². The van der Waals surface area contributed by atoms with Crippen molar-refractivity contribution < 1.29 is 28.2 Å². The van der Waals surface area contributed by atoms with Crippen LogP contribution in [0.2, 0.25) is 0 Å². The molecule has 0 fully saturated rings. The van der Waals surface area contributed by atoms with E-state index in [1.165, 1.54) is 42.9 Å². The van der Waals surface area contributed by atoms with Gasteiger partial charge < -0.3 is 24.1 Å². The molecular formula is C23H18FN3O5. The number of aryl methyl sites for hydroxylation is 2. The highest BCUT2D eigenvalue weighted by molar-refractivity contribution is 6.03. The first kappa shape index (κ1) is 20.9. The monoisotopic (exact) mass is 435 g/mol. The normalized spacial score (nSPS) is 10.7. The lowest BCUT2D eigenvalue weighted by Gasteiger charge is -2.11. The molecule has 0 spiro atoms. The Hall–Kier alpha value is -4.40. The molecule has 0 atom stereocenters. The van der Waals surface area contributed by atoms with Gasteiger partial charge in [-0.2, -0.15) is 0 Å². The van der Waals surface area contributed by atoms with Crippen molar-refractivity contribution in [2.45, 2.75) is 6.92 Å². The van der Waals surface area contributed by atoms with Crippen molar-refractivity contribution in [1.29, 1.82) is 0 Å². The number of hydrogen-bond donors (Lipinski definition) is 2. The summed E-state index contributed by atoms with van der Waals surface area (Å²) in [5.74, 6) is -1.46. The van der Waals surface area contributed by atoms with Gasteiger partial charge in [-0.25, -0.2) is 9.18 Å². The van der Waals surface area contributed by atoms with Crippen molar-refractivity contribution in [1.82, 2.24) is 9.55 Å². The van der Waals surface area contributed by atoms with E-state index in [0.717, 1.165) is 0 Å². The van der Waals surface area contributed by atoms with Gasteiger partial charge in [0.25, 0.3) is 5.91 Å². The molecule has 0 unspecified atom stereocenters. The van der Waals surface area contributed by atoms with Crippen molar-refractivity contribution in [2.75, 3.05) is 5.32 Å². The number of nitrogens with one attached hydrogen (secondary N) is 1. The van der Waals surface area contributed by atoms with Crippen molar-refractivity contribution in [2.24, 2.45) is 7.05 Å². The quantitative estimate of drug-likeness (QED) is 0.448. The van der Waals surface area contributed by atoms with Gasteiger partial charge in [0.2, 0.25) is 0 Å². The third-order valence-electron chi connectivity index (χ3n) is 4.74. The smallest absolute Gasteiger partial charge is 0.337 e. The molecule has 0 aliphatic rings. The minimum atomic E-state index is -1.04. The zero-order valence-electron chi connectivity index (χ0n) is 17.1. The molecule has 0 saturated heterocycles. The molecule has 2 N–H and O–H groups in total. The third-order valence-corrected chi connectivity index (χ3v) is 4.74. The van der Waals surface area contributed by atoms with Crippen LogP contribution in [0, 0.1) is 12.7 Å². The van der Waals surface area contributed by atoms with E-state index >= 15 is 0 Å². The summed E-state index contributed by atoms with van der Waals surface area (Å²) in [6, 6.07) is 10.4. The number of carboxylic acid groups (broad SMARTS) is 1. The maximum absolute atomic E-state index is 14.2. The van der Waals surface area contributed by atoms with Gasteiger partial charge in [0.1, 0.15) is 17.3 Å². The van der Waals surface area contributed by atoms with Gasteiger partial charge in [-0.15, -0.1) is 0 Å². The lowest BCUT2D eigenvalue weighted by atomic mass is 10.2. The molecule has 1 amide bonds. The van der Waals surface area contributed by atoms with Crippen molar-refractivity contribution in [3.05, 3.63) is 83.8 Å². The fourth-order valence-corrected chi connectivity index (χ4v) is 3.14. The number of halogens is 1. The van der Waals surface area contributed by atoms with Crippen LogP contribution in [0.5, 0.6) is 11.5 Å². The first-order valence-electron chi connectivity index (χ1n) is 9.51. The number of amides is 1. The summed E-state index contributed by atoms with van der Waals surface area (Å²) >= 11 is 0. The largest absolute Gasteiger partial charge is 0.478 e. The molecule has 0 aliphatic heterocycles. The summed E-state index contributed by atoms with van der Waals surface area (Å²) in [7, 11) is 1.71. The van der Waals surface area contributed by atoms with Crippen LogP contribution in [0.3, 0.4) is 0 Å². The molecule has 4 rings (SSSR count). The van der Waals surface area contributed by atoms with Gasteiger partial charge in [-0.05, 0) is 37.3 Å². The van der Waals surface area contributed by atoms with Crippen LogP contribution < -0.4 is 10.1 Å². The Morgan fingerprint density at radius 2 is 1.94 bits per heavy atom. The average molecular weight is 435 g/mol. The van der Waals surface area contributed by atoms with E-state index in [1.807, 2.05) is 0 Å². The van der Waals surface area contributed by atoms with Crippen LogP contribution in [0.25, 0.3) is 11.4 Å². The zero-order chi connectivity index (χ0) is 22.8. The van der Waals surface area contributed by atoms with E-state index in [4.69, 9.17) is 9.15 Å². The number of hydrogen-bond acceptors (Lipinski definition) is 5. The van der Waals surface area contributed by atoms with Crippen LogP contribution >= 0.6 is 0 Å². The molecule has 3 aromatic heterocycles. The van der Waals surface area contributed by atoms with Crippen molar-refractivity contribution in [3.8, 4) is 22.9 Å². The number of aromatic carboxylic acids is 1. The summed E-state index contributed by atoms with van der Waals surface area (Å²) in [6.45, 7) is 1.71. The molecule has 0 radical (unpaired) electrons. The SMILES string of the molecule is Cc1ccoc1C(=O)Nc1cc(Oc2ccnc(-c3cc(C(=O)O)cn3C)c2)ccc1F. The summed E-state index contributed by atoms with van der Waals surface area (Å²) in [5, 5.41) is 11.7. The maximum atomic E-state index is 14.2. The van der Waals surface area contributed by atoms with E-state index < -0.39 is 17.7 Å². The maximum Gasteiger partial charge on any atom is 0.337 e. The minimum Gasteiger partial charge on any atom is -0.478 e. The van der Waals surface area contributed by atoms with Crippen molar-refractivity contribution >= 4 is 17.6 Å². The number of furan rings is 1. The molecule has 8 nitrogen and oxygen atoms in total. The Morgan fingerprint density at radius 1 is 1.16 bits per heavy atom. The highest BCUT2D eigenvalue weighted by Gasteiger charge is 2.16. The predicted octanol–water partition coefficient (Wildman–Crippen LogP) is 4.87. The van der Waals surface area contributed by atoms with E-state index in [9.17, 15) is 19.1 Å². The van der Waals surface area contributed by atoms with E-state index in [-0.39, 0.29) is 22.8 Å². The topological polar surface area (TPSA) is 107 Å². The first-order valence-corrected chi connectivity index (χ1v) is 9.51. The Morgan fingerprint density at radius 3 is 2.62 bits per heavy atom. The van der Waals surface area contributed by atoms with Gasteiger partial charge >= 0.3 is 5.97 Å². The molecule has 162 valence electrons. The van der Waals surface area contributed by atoms with Gasteiger partial charge in [0.05, 0.1) is 28.9 Å². The molecule has 0 saturated carbocycles. The average Bonchev–Trinajstić information content (AvgIpc) is 3.36. The number of carbonyl (C=O) groups excluding carboxylic acids is 1. The van der Waals surface area contributed by atoms with Crippen LogP contribution in [0.1, 0.15) is 26.5 Å². The molecule has 3 heterocycles. The second-order valence-electron chi connectivity index (χ2n) is 7.04. The Labute approximate surface area is 181 Å². The second-order valence-corrected chi connectivity index (χ2v) is 7.04. The fraction of sp³-hybridized carbons (Fsp3) is 0.0870. The fourth-order valence-electron chi connectivity index (χ4n) is 3.14. The minimum absolute atomic E-state index is 0.0638. The van der Waals surface area contributed by atoms with Crippen molar-refractivity contribution in [3.63, 3.8) is 0 Å². The Balaban J connectivity index is 1.57. The number of carbonyl (C=O) groups is 2. The number of benzene rings is 1. The number of ether oxygens (including phenoxy) is 1. The zero-order valence-corrected chi connectivity index (χ0v) is 17.1. The number of nitrogens with zero attached hydrogens (tertiary/aromatic N) is 2. The van der Waals surface area contributed by atoms with Crippen LogP contribution in [0.15, 0.2) is 65.5 Å². The predicted molar refractivity (Wildman–Crippen MR) is 113 cm³/mol. The van der Waals surface area contributed by atoms with E-state index in [0.29, 0.717) is 22.7 Å². The lowest BCUT2D eigenvalue weighted by Crippen LogP contribution is -2.13. The van der Waals surface area contributed by atoms with E-state index in [1.54, 1.807) is 36.7 Å². The van der Waals surface area contributed by atoms with Gasteiger partial charge in [-0.3, -0.25) is 9.78 Å². The number of rotatable bonds is 6. The highest BCUT2D eigenvalue weighted by atomic mass is 19.1. The Bertz CT molecular complexity index is 1320. The number of pyridine rings is 1. The molecule has 0 aliphatic carbocycles. The molecule has 1 aromatic carbocycles. The number of carboxylic acids is 1. The lowest BCUT2D eigenvalue weighted by molar-refractivity contribution is 0.0696. The summed E-state index contributed by atoms with van der Waals surface area (Å²) in [4.78, 5) is 27.8. The standard InChI is InChI=1S/C23H18FN3O5/c1-13-6-8-31-21(13)22(28)26-18-10-15(3-4-17(18)24)32-16-5-7-25-19(11-16)20-9-14(23(29)30)12-27(20)2/h3-12H,1-2H3,(H,26,28)(H,29,30). The third kappa shape index (κ3) is 4.22. The van der Waals surface area contributed by atoms with Crippen LogP contribution in [-0.4, -0.2) is 26.5 Å². The highest BCUT2D eigenvalue weighted by Crippen LogP contribution is 2.29. The molecular weight excluding hydrogens is 417 g/mol. The number of anilines is 1. The summed E-state index contributed by atoms with van der Waals surface area (Å²) in [6.07, 6.45) is 4.39. The van der Waals surface area contributed by atoms with Crippen LogP contribution in [-0.2, 0) is 7.05 Å². The van der Waals surface area contributed by atoms with Gasteiger partial charge in [0.15, 0.2) is 5.76 Å². The van der Waals surface area contributed by atoms with Gasteiger partial charge in [0, 0.05) is 37.1 Å². The summed E-state index contributed by atoms with van der Waals surface area (Å²) in [5.41, 5.74) is 1.80. The molecule has 32 heavy (non-hydrogen) atoms. The van der Waals surface area contributed by atoms with Gasteiger partial charge in [-0.1, -0.05) is 0 Å². The number of aromatic nitrogens is 2. The van der Waals surface area contributed by atoms with E-state index in [2.05, 4.69) is 10.3 Å². The molecule has 9 heteroatoms. The first-order chi connectivity index (χ1) is 15.3. The summed E-state index contributed by atoms with van der Waals surface area (Å²) < 4.78 is 26.9. The molecule has 4 aromatic rings. The Kier molecular flexibility index (Phi) is 5.46. The second kappa shape index (κ2) is 8.38.